The maximum atomic E-state index is 13.7. The van der Waals surface area contributed by atoms with Gasteiger partial charge in [-0.15, -0.1) is 11.8 Å². The topological polar surface area (TPSA) is 70.2 Å². The average molecular weight is 526 g/mol. The second-order valence-electron chi connectivity index (χ2n) is 9.26. The van der Waals surface area contributed by atoms with Crippen LogP contribution < -0.4 is 19.7 Å². The van der Waals surface area contributed by atoms with Gasteiger partial charge in [0.25, 0.3) is 0 Å². The largest absolute Gasteiger partial charge is 0.497 e. The standard InChI is InChI=1S/C24H30F3N5O3S/c1-34-16-10-17-19(12-21(24(25,26)27)29-22(17)20(11-16)35-2)31-5-3-30(4-6-31)15-9-18(28-13-15)23(33)32-7-8-36-14-32/h10-12,15,18,28H,3-9,13-14H2,1-2H3/t15-,18-/m0/s1. The summed E-state index contributed by atoms with van der Waals surface area (Å²) in [5.74, 6) is 2.65. The molecule has 3 aliphatic rings. The highest BCUT2D eigenvalue weighted by atomic mass is 32.2. The van der Waals surface area contributed by atoms with Gasteiger partial charge in [0.1, 0.15) is 22.7 Å². The van der Waals surface area contributed by atoms with E-state index in [1.54, 1.807) is 23.9 Å². The van der Waals surface area contributed by atoms with Crippen LogP contribution in [0, 0.1) is 0 Å². The Labute approximate surface area is 212 Å². The summed E-state index contributed by atoms with van der Waals surface area (Å²) in [6.07, 6.45) is -3.83. The van der Waals surface area contributed by atoms with Crippen molar-refractivity contribution >= 4 is 34.3 Å². The number of hydrogen-bond donors (Lipinski definition) is 1. The first-order valence-electron chi connectivity index (χ1n) is 12.0. The molecule has 12 heteroatoms. The van der Waals surface area contributed by atoms with Crippen LogP contribution in [0.25, 0.3) is 10.9 Å². The van der Waals surface area contributed by atoms with Crippen molar-refractivity contribution in [3.63, 3.8) is 0 Å². The first-order valence-corrected chi connectivity index (χ1v) is 13.2. The number of anilines is 1. The van der Waals surface area contributed by atoms with Gasteiger partial charge in [0.05, 0.1) is 26.1 Å². The van der Waals surface area contributed by atoms with E-state index in [-0.39, 0.29) is 29.3 Å². The highest BCUT2D eigenvalue weighted by Crippen LogP contribution is 2.40. The molecule has 0 spiro atoms. The molecule has 0 aliphatic carbocycles. The van der Waals surface area contributed by atoms with Crippen LogP contribution >= 0.6 is 11.8 Å². The number of ether oxygens (including phenoxy) is 2. The number of thioether (sulfide) groups is 1. The van der Waals surface area contributed by atoms with Gasteiger partial charge in [0.15, 0.2) is 0 Å². The van der Waals surface area contributed by atoms with Gasteiger partial charge in [-0.25, -0.2) is 4.98 Å². The number of halogens is 3. The summed E-state index contributed by atoms with van der Waals surface area (Å²) in [6, 6.07) is 4.45. The number of nitrogens with one attached hydrogen (secondary N) is 1. The van der Waals surface area contributed by atoms with E-state index in [1.807, 2.05) is 9.80 Å². The second kappa shape index (κ2) is 10.1. The monoisotopic (exact) mass is 525 g/mol. The smallest absolute Gasteiger partial charge is 0.433 e. The molecule has 2 atom stereocenters. The highest BCUT2D eigenvalue weighted by Gasteiger charge is 2.38. The SMILES string of the molecule is COc1cc(OC)c2nc(C(F)(F)F)cc(N3CCN([C@@H]4CN[C@H](C(=O)N5CCSC5)C4)CC3)c2c1. The van der Waals surface area contributed by atoms with Gasteiger partial charge in [0, 0.05) is 68.2 Å². The molecule has 36 heavy (non-hydrogen) atoms. The fraction of sp³-hybridized carbons (Fsp3) is 0.583. The Kier molecular flexibility index (Phi) is 7.10. The maximum absolute atomic E-state index is 13.7. The van der Waals surface area contributed by atoms with Crippen LogP contribution in [0.2, 0.25) is 0 Å². The van der Waals surface area contributed by atoms with Crippen molar-refractivity contribution in [2.75, 3.05) is 70.0 Å². The molecule has 1 aromatic heterocycles. The first kappa shape index (κ1) is 25.2. The number of carbonyl (C=O) groups is 1. The predicted octanol–water partition coefficient (Wildman–Crippen LogP) is 2.66. The number of piperazine rings is 1. The van der Waals surface area contributed by atoms with E-state index in [1.165, 1.54) is 14.2 Å². The molecule has 0 bridgehead atoms. The average Bonchev–Trinajstić information content (AvgIpc) is 3.59. The number of fused-ring (bicyclic) bond motifs is 1. The van der Waals surface area contributed by atoms with Crippen molar-refractivity contribution in [3.05, 3.63) is 23.9 Å². The van der Waals surface area contributed by atoms with E-state index in [4.69, 9.17) is 9.47 Å². The van der Waals surface area contributed by atoms with E-state index in [2.05, 4.69) is 15.2 Å². The second-order valence-corrected chi connectivity index (χ2v) is 10.3. The van der Waals surface area contributed by atoms with Gasteiger partial charge in [-0.3, -0.25) is 9.69 Å². The molecule has 5 rings (SSSR count). The van der Waals surface area contributed by atoms with Crippen molar-refractivity contribution in [2.45, 2.75) is 24.7 Å². The van der Waals surface area contributed by atoms with Gasteiger partial charge in [-0.2, -0.15) is 13.2 Å². The quantitative estimate of drug-likeness (QED) is 0.639. The Morgan fingerprint density at radius 3 is 2.53 bits per heavy atom. The van der Waals surface area contributed by atoms with E-state index < -0.39 is 11.9 Å². The summed E-state index contributed by atoms with van der Waals surface area (Å²) >= 11 is 1.77. The molecule has 4 heterocycles. The van der Waals surface area contributed by atoms with Crippen LogP contribution in [0.1, 0.15) is 12.1 Å². The van der Waals surface area contributed by atoms with Crippen LogP contribution in [0.15, 0.2) is 18.2 Å². The number of rotatable bonds is 5. The molecule has 1 N–H and O–H groups in total. The molecular weight excluding hydrogens is 495 g/mol. The summed E-state index contributed by atoms with van der Waals surface area (Å²) < 4.78 is 51.9. The molecule has 3 fully saturated rings. The number of carbonyl (C=O) groups excluding carboxylic acids is 1. The van der Waals surface area contributed by atoms with Gasteiger partial charge >= 0.3 is 6.18 Å². The summed E-state index contributed by atoms with van der Waals surface area (Å²) in [4.78, 5) is 22.9. The number of benzene rings is 1. The minimum atomic E-state index is -4.58. The molecule has 0 radical (unpaired) electrons. The molecule has 2 aromatic rings. The van der Waals surface area contributed by atoms with Crippen molar-refractivity contribution in [2.24, 2.45) is 0 Å². The van der Waals surface area contributed by atoms with Crippen molar-refractivity contribution in [1.29, 1.82) is 0 Å². The highest BCUT2D eigenvalue weighted by molar-refractivity contribution is 7.99. The van der Waals surface area contributed by atoms with Gasteiger partial charge in [-0.1, -0.05) is 0 Å². The molecule has 196 valence electrons. The lowest BCUT2D eigenvalue weighted by Crippen LogP contribution is -2.51. The molecular formula is C24H30F3N5O3S. The van der Waals surface area contributed by atoms with E-state index in [9.17, 15) is 18.0 Å². The normalized spacial score (nSPS) is 23.5. The van der Waals surface area contributed by atoms with Crippen molar-refractivity contribution in [3.8, 4) is 11.5 Å². The fourth-order valence-electron chi connectivity index (χ4n) is 5.25. The molecule has 3 aliphatic heterocycles. The number of nitrogens with zero attached hydrogens (tertiary/aromatic N) is 4. The summed E-state index contributed by atoms with van der Waals surface area (Å²) in [5, 5.41) is 3.94. The summed E-state index contributed by atoms with van der Waals surface area (Å²) in [5.41, 5.74) is -0.322. The van der Waals surface area contributed by atoms with Crippen molar-refractivity contribution < 1.29 is 27.4 Å². The predicted molar refractivity (Wildman–Crippen MR) is 133 cm³/mol. The number of pyridine rings is 1. The molecule has 0 unspecified atom stereocenters. The third kappa shape index (κ3) is 4.90. The minimum Gasteiger partial charge on any atom is -0.497 e. The lowest BCUT2D eigenvalue weighted by Gasteiger charge is -2.39. The Morgan fingerprint density at radius 1 is 1.11 bits per heavy atom. The molecule has 8 nitrogen and oxygen atoms in total. The zero-order valence-electron chi connectivity index (χ0n) is 20.3. The Hall–Kier alpha value is -2.44. The lowest BCUT2D eigenvalue weighted by molar-refractivity contribution is -0.141. The van der Waals surface area contributed by atoms with Crippen LogP contribution in [0.4, 0.5) is 18.9 Å². The van der Waals surface area contributed by atoms with Gasteiger partial charge in [0.2, 0.25) is 5.91 Å². The number of amides is 1. The number of hydrogen-bond acceptors (Lipinski definition) is 8. The van der Waals surface area contributed by atoms with Crippen LogP contribution in [0.3, 0.4) is 0 Å². The fourth-order valence-corrected chi connectivity index (χ4v) is 6.21. The van der Waals surface area contributed by atoms with Crippen molar-refractivity contribution in [1.82, 2.24) is 20.1 Å². The molecule has 1 aromatic carbocycles. The third-order valence-electron chi connectivity index (χ3n) is 7.22. The van der Waals surface area contributed by atoms with Crippen LogP contribution in [-0.4, -0.2) is 97.9 Å². The summed E-state index contributed by atoms with van der Waals surface area (Å²) in [7, 11) is 2.91. The Morgan fingerprint density at radius 2 is 1.89 bits per heavy atom. The Balaban J connectivity index is 1.34. The zero-order chi connectivity index (χ0) is 25.4. The van der Waals surface area contributed by atoms with E-state index >= 15 is 0 Å². The van der Waals surface area contributed by atoms with E-state index in [0.29, 0.717) is 43.0 Å². The zero-order valence-corrected chi connectivity index (χ0v) is 21.1. The summed E-state index contributed by atoms with van der Waals surface area (Å²) in [6.45, 7) is 4.06. The number of aromatic nitrogens is 1. The maximum Gasteiger partial charge on any atom is 0.433 e. The minimum absolute atomic E-state index is 0.159. The van der Waals surface area contributed by atoms with E-state index in [0.717, 1.165) is 37.2 Å². The van der Waals surface area contributed by atoms with Gasteiger partial charge < -0.3 is 24.6 Å². The van der Waals surface area contributed by atoms with Gasteiger partial charge in [-0.05, 0) is 18.6 Å². The first-order chi connectivity index (χ1) is 17.3. The number of alkyl halides is 3. The Bertz CT molecular complexity index is 1120. The molecule has 0 saturated carbocycles. The third-order valence-corrected chi connectivity index (χ3v) is 8.18. The van der Waals surface area contributed by atoms with Crippen LogP contribution in [0.5, 0.6) is 11.5 Å². The van der Waals surface area contributed by atoms with Crippen LogP contribution in [-0.2, 0) is 11.0 Å². The molecule has 1 amide bonds. The number of methoxy groups -OCH3 is 2. The lowest BCUT2D eigenvalue weighted by atomic mass is 10.1. The molecule has 3 saturated heterocycles.